The van der Waals surface area contributed by atoms with Gasteiger partial charge in [0.1, 0.15) is 5.78 Å². The molecule has 25 heavy (non-hydrogen) atoms. The molecular formula is C23H38O2. The maximum absolute atomic E-state index is 12.4. The number of hydrogen-bond donors (Lipinski definition) is 0. The predicted octanol–water partition coefficient (Wildman–Crippen LogP) is 5.50. The molecule has 4 aliphatic carbocycles. The lowest BCUT2D eigenvalue weighted by atomic mass is 9.43. The summed E-state index contributed by atoms with van der Waals surface area (Å²) >= 11 is 0. The molecule has 4 fully saturated rings. The zero-order valence-electron chi connectivity index (χ0n) is 17.0. The van der Waals surface area contributed by atoms with Crippen molar-refractivity contribution in [2.75, 3.05) is 7.11 Å². The first-order chi connectivity index (χ1) is 11.8. The van der Waals surface area contributed by atoms with Crippen LogP contribution in [0, 0.1) is 46.3 Å². The standard InChI is InChI=1S/C23H38O2/c1-14-10-11-22(3)16(12-14)6-7-17-19-9-8-18(15(2)24)23(19,4)21(25-5)13-20(17)22/h14,16-21H,6-13H2,1-5H3/t14-,16-,17-,18-,19-,20-,21-,22-,23+/m0/s1. The van der Waals surface area contributed by atoms with E-state index in [9.17, 15) is 4.79 Å². The average Bonchev–Trinajstić information content (AvgIpc) is 2.93. The van der Waals surface area contributed by atoms with E-state index in [0.29, 0.717) is 17.1 Å². The normalized spacial score (nSPS) is 55.2. The average molecular weight is 347 g/mol. The third-order valence-electron chi connectivity index (χ3n) is 9.78. The fraction of sp³-hybridized carbons (Fsp3) is 0.957. The Bertz CT molecular complexity index is 542. The SMILES string of the molecule is CO[C@H]1C[C@H]2[C@@H](CC[C@H]3C[C@@H](C)CC[C@@]32C)[C@@H]2CC[C@@H](C(C)=O)[C@@]12C. The summed E-state index contributed by atoms with van der Waals surface area (Å²) in [6.07, 6.45) is 10.9. The molecule has 2 nitrogen and oxygen atoms in total. The highest BCUT2D eigenvalue weighted by atomic mass is 16.5. The summed E-state index contributed by atoms with van der Waals surface area (Å²) in [5.74, 6) is 4.79. The molecule has 0 saturated heterocycles. The monoisotopic (exact) mass is 346 g/mol. The Labute approximate surface area is 154 Å². The fourth-order valence-corrected chi connectivity index (χ4v) is 8.42. The minimum absolute atomic E-state index is 0.0763. The number of fused-ring (bicyclic) bond motifs is 5. The van der Waals surface area contributed by atoms with Crippen LogP contribution in [-0.2, 0) is 9.53 Å². The summed E-state index contributed by atoms with van der Waals surface area (Å²) in [6, 6.07) is 0. The molecule has 0 unspecified atom stereocenters. The molecule has 0 aromatic carbocycles. The molecule has 0 bridgehead atoms. The van der Waals surface area contributed by atoms with E-state index in [1.165, 1.54) is 44.9 Å². The quantitative estimate of drug-likeness (QED) is 0.660. The van der Waals surface area contributed by atoms with Crippen LogP contribution in [0.4, 0.5) is 0 Å². The van der Waals surface area contributed by atoms with Crippen LogP contribution in [-0.4, -0.2) is 19.0 Å². The molecule has 2 heteroatoms. The molecule has 142 valence electrons. The second-order valence-electron chi connectivity index (χ2n) is 10.6. The van der Waals surface area contributed by atoms with E-state index in [2.05, 4.69) is 20.8 Å². The Hall–Kier alpha value is -0.370. The first-order valence-electron chi connectivity index (χ1n) is 10.9. The Morgan fingerprint density at radius 2 is 1.76 bits per heavy atom. The molecule has 0 aromatic rings. The maximum atomic E-state index is 12.4. The number of carbonyl (C=O) groups excluding carboxylic acids is 1. The maximum Gasteiger partial charge on any atom is 0.133 e. The minimum atomic E-state index is 0.0763. The van der Waals surface area contributed by atoms with Crippen molar-refractivity contribution in [1.82, 2.24) is 0 Å². The van der Waals surface area contributed by atoms with Gasteiger partial charge in [-0.25, -0.2) is 0 Å². The lowest BCUT2D eigenvalue weighted by Gasteiger charge is -2.62. The molecular weight excluding hydrogens is 308 g/mol. The van der Waals surface area contributed by atoms with Gasteiger partial charge in [-0.3, -0.25) is 4.79 Å². The van der Waals surface area contributed by atoms with Crippen molar-refractivity contribution >= 4 is 5.78 Å². The first-order valence-corrected chi connectivity index (χ1v) is 10.9. The minimum Gasteiger partial charge on any atom is -0.381 e. The van der Waals surface area contributed by atoms with Crippen LogP contribution < -0.4 is 0 Å². The summed E-state index contributed by atoms with van der Waals surface area (Å²) in [5, 5.41) is 0. The number of methoxy groups -OCH3 is 1. The summed E-state index contributed by atoms with van der Waals surface area (Å²) in [5.41, 5.74) is 0.592. The van der Waals surface area contributed by atoms with Gasteiger partial charge in [-0.2, -0.15) is 0 Å². The van der Waals surface area contributed by atoms with Crippen LogP contribution >= 0.6 is 0 Å². The van der Waals surface area contributed by atoms with Crippen LogP contribution in [0.1, 0.15) is 79.1 Å². The smallest absolute Gasteiger partial charge is 0.133 e. The zero-order valence-corrected chi connectivity index (χ0v) is 17.0. The van der Waals surface area contributed by atoms with Crippen molar-refractivity contribution in [3.05, 3.63) is 0 Å². The lowest BCUT2D eigenvalue weighted by molar-refractivity contribution is -0.177. The summed E-state index contributed by atoms with van der Waals surface area (Å²) in [4.78, 5) is 12.4. The topological polar surface area (TPSA) is 26.3 Å². The van der Waals surface area contributed by atoms with Gasteiger partial charge in [0.15, 0.2) is 0 Å². The molecule has 4 saturated carbocycles. The van der Waals surface area contributed by atoms with E-state index in [1.807, 2.05) is 14.0 Å². The lowest BCUT2D eigenvalue weighted by Crippen LogP contribution is -2.59. The van der Waals surface area contributed by atoms with Gasteiger partial charge in [0.25, 0.3) is 0 Å². The van der Waals surface area contributed by atoms with Crippen molar-refractivity contribution in [2.45, 2.75) is 85.2 Å². The predicted molar refractivity (Wildman–Crippen MR) is 101 cm³/mol. The van der Waals surface area contributed by atoms with Crippen LogP contribution in [0.25, 0.3) is 0 Å². The highest BCUT2D eigenvalue weighted by molar-refractivity contribution is 5.79. The number of ether oxygens (including phenoxy) is 1. The number of Topliss-reactive ketones (excluding diaryl/α,β-unsaturated/α-hetero) is 1. The van der Waals surface area contributed by atoms with Crippen LogP contribution in [0.15, 0.2) is 0 Å². The molecule has 0 aromatic heterocycles. The van der Waals surface area contributed by atoms with Gasteiger partial charge in [-0.15, -0.1) is 0 Å². The van der Waals surface area contributed by atoms with Gasteiger partial charge in [-0.1, -0.05) is 27.2 Å². The molecule has 0 spiro atoms. The zero-order chi connectivity index (χ0) is 18.0. The molecule has 0 amide bonds. The van der Waals surface area contributed by atoms with Gasteiger partial charge in [-0.05, 0) is 86.9 Å². The van der Waals surface area contributed by atoms with E-state index in [1.54, 1.807) is 0 Å². The Morgan fingerprint density at radius 3 is 2.44 bits per heavy atom. The van der Waals surface area contributed by atoms with Crippen molar-refractivity contribution in [2.24, 2.45) is 46.3 Å². The van der Waals surface area contributed by atoms with E-state index in [-0.39, 0.29) is 17.4 Å². The second-order valence-corrected chi connectivity index (χ2v) is 10.6. The van der Waals surface area contributed by atoms with E-state index in [0.717, 1.165) is 30.1 Å². The summed E-state index contributed by atoms with van der Waals surface area (Å²) in [6.45, 7) is 9.29. The van der Waals surface area contributed by atoms with Gasteiger partial charge < -0.3 is 4.74 Å². The van der Waals surface area contributed by atoms with Crippen LogP contribution in [0.5, 0.6) is 0 Å². The highest BCUT2D eigenvalue weighted by Crippen LogP contribution is 2.68. The van der Waals surface area contributed by atoms with Gasteiger partial charge in [0.05, 0.1) is 6.10 Å². The van der Waals surface area contributed by atoms with Crippen molar-refractivity contribution in [3.8, 4) is 0 Å². The van der Waals surface area contributed by atoms with E-state index >= 15 is 0 Å². The van der Waals surface area contributed by atoms with E-state index < -0.39 is 0 Å². The third kappa shape index (κ3) is 2.42. The molecule has 0 heterocycles. The van der Waals surface area contributed by atoms with Crippen molar-refractivity contribution in [1.29, 1.82) is 0 Å². The third-order valence-corrected chi connectivity index (χ3v) is 9.78. The first kappa shape index (κ1) is 18.0. The summed E-state index contributed by atoms with van der Waals surface area (Å²) in [7, 11) is 1.90. The molecule has 0 aliphatic heterocycles. The molecule has 4 aliphatic rings. The van der Waals surface area contributed by atoms with Gasteiger partial charge in [0.2, 0.25) is 0 Å². The Balaban J connectivity index is 1.69. The number of ketones is 1. The van der Waals surface area contributed by atoms with Crippen molar-refractivity contribution in [3.63, 3.8) is 0 Å². The highest BCUT2D eigenvalue weighted by Gasteiger charge is 2.64. The fourth-order valence-electron chi connectivity index (χ4n) is 8.42. The van der Waals surface area contributed by atoms with Gasteiger partial charge >= 0.3 is 0 Å². The van der Waals surface area contributed by atoms with Crippen LogP contribution in [0.2, 0.25) is 0 Å². The molecule has 0 N–H and O–H groups in total. The largest absolute Gasteiger partial charge is 0.381 e. The van der Waals surface area contributed by atoms with Crippen LogP contribution in [0.3, 0.4) is 0 Å². The molecule has 4 rings (SSSR count). The van der Waals surface area contributed by atoms with Crippen molar-refractivity contribution < 1.29 is 9.53 Å². The van der Waals surface area contributed by atoms with Gasteiger partial charge in [0, 0.05) is 18.4 Å². The van der Waals surface area contributed by atoms with E-state index in [4.69, 9.17) is 4.74 Å². The second kappa shape index (κ2) is 6.08. The number of hydrogen-bond acceptors (Lipinski definition) is 2. The number of rotatable bonds is 2. The molecule has 9 atom stereocenters. The Kier molecular flexibility index (Phi) is 4.38. The Morgan fingerprint density at radius 1 is 1.00 bits per heavy atom. The molecule has 0 radical (unpaired) electrons. The summed E-state index contributed by atoms with van der Waals surface area (Å²) < 4.78 is 6.13. The number of carbonyl (C=O) groups is 1.